The molecule has 0 bridgehead atoms. The zero-order valence-corrected chi connectivity index (χ0v) is 13.9. The van der Waals surface area contributed by atoms with Crippen LogP contribution in [0.15, 0.2) is 24.3 Å². The van der Waals surface area contributed by atoms with Crippen molar-refractivity contribution in [2.45, 2.75) is 26.3 Å². The molecule has 5 heteroatoms. The Morgan fingerprint density at radius 1 is 1.29 bits per heavy atom. The second kappa shape index (κ2) is 9.77. The van der Waals surface area contributed by atoms with Gasteiger partial charge in [-0.1, -0.05) is 43.6 Å². The van der Waals surface area contributed by atoms with Crippen LogP contribution in [0.3, 0.4) is 0 Å². The molecule has 0 saturated carbocycles. The summed E-state index contributed by atoms with van der Waals surface area (Å²) in [5.41, 5.74) is 1.07. The van der Waals surface area contributed by atoms with Crippen LogP contribution in [0.2, 0.25) is 5.02 Å². The summed E-state index contributed by atoms with van der Waals surface area (Å²) in [7, 11) is 1.84. The average Bonchev–Trinajstić information content (AvgIpc) is 2.50. The van der Waals surface area contributed by atoms with Gasteiger partial charge in [0.2, 0.25) is 5.91 Å². The third-order valence-electron chi connectivity index (χ3n) is 3.61. The second-order valence-corrected chi connectivity index (χ2v) is 5.32. The van der Waals surface area contributed by atoms with Crippen LogP contribution in [0.25, 0.3) is 0 Å². The fraction of sp³-hybridized carbons (Fsp3) is 0.562. The van der Waals surface area contributed by atoms with E-state index in [0.717, 1.165) is 23.7 Å². The quantitative estimate of drug-likeness (QED) is 0.736. The number of carbonyl (C=O) groups excluding carboxylic acids is 1. The van der Waals surface area contributed by atoms with Gasteiger partial charge in [-0.3, -0.25) is 9.69 Å². The normalized spacial score (nSPS) is 12.4. The van der Waals surface area contributed by atoms with E-state index in [1.54, 1.807) is 0 Å². The Morgan fingerprint density at radius 2 is 1.95 bits per heavy atom. The molecule has 0 aromatic heterocycles. The summed E-state index contributed by atoms with van der Waals surface area (Å²) in [6.07, 6.45) is 0.490. The van der Waals surface area contributed by atoms with E-state index in [1.807, 2.05) is 31.3 Å². The Balaban J connectivity index is 2.79. The zero-order valence-electron chi connectivity index (χ0n) is 13.2. The Morgan fingerprint density at radius 3 is 2.52 bits per heavy atom. The molecule has 0 radical (unpaired) electrons. The van der Waals surface area contributed by atoms with Gasteiger partial charge in [0.05, 0.1) is 6.04 Å². The number of hydrogen-bond acceptors (Lipinski definition) is 3. The van der Waals surface area contributed by atoms with E-state index in [9.17, 15) is 4.79 Å². The van der Waals surface area contributed by atoms with Gasteiger partial charge < -0.3 is 10.6 Å². The predicted molar refractivity (Wildman–Crippen MR) is 88.7 cm³/mol. The third-order valence-corrected chi connectivity index (χ3v) is 3.96. The van der Waals surface area contributed by atoms with Gasteiger partial charge in [0.1, 0.15) is 0 Å². The Bertz CT molecular complexity index is 435. The fourth-order valence-electron chi connectivity index (χ4n) is 2.38. The summed E-state index contributed by atoms with van der Waals surface area (Å²) in [5.74, 6) is 0.0635. The minimum Gasteiger partial charge on any atom is -0.354 e. The first-order valence-corrected chi connectivity index (χ1v) is 7.91. The lowest BCUT2D eigenvalue weighted by molar-refractivity contribution is -0.121. The van der Waals surface area contributed by atoms with E-state index < -0.39 is 0 Å². The molecule has 0 spiro atoms. The van der Waals surface area contributed by atoms with Crippen LogP contribution in [0, 0.1) is 0 Å². The van der Waals surface area contributed by atoms with Gasteiger partial charge in [0.25, 0.3) is 0 Å². The van der Waals surface area contributed by atoms with Crippen molar-refractivity contribution in [1.82, 2.24) is 15.5 Å². The summed E-state index contributed by atoms with van der Waals surface area (Å²) in [6.45, 7) is 7.34. The van der Waals surface area contributed by atoms with Crippen LogP contribution in [0.1, 0.15) is 31.9 Å². The lowest BCUT2D eigenvalue weighted by Gasteiger charge is -2.31. The third kappa shape index (κ3) is 5.65. The number of rotatable bonds is 9. The number of likely N-dealkylation sites (N-methyl/N-ethyl adjacent to an activating group) is 1. The Hall–Kier alpha value is -1.10. The highest BCUT2D eigenvalue weighted by Gasteiger charge is 2.20. The number of nitrogens with one attached hydrogen (secondary N) is 2. The number of nitrogens with zero attached hydrogens (tertiary/aromatic N) is 1. The van der Waals surface area contributed by atoms with Crippen molar-refractivity contribution in [1.29, 1.82) is 0 Å². The average molecular weight is 312 g/mol. The maximum absolute atomic E-state index is 11.8. The summed E-state index contributed by atoms with van der Waals surface area (Å²) >= 11 is 6.33. The summed E-state index contributed by atoms with van der Waals surface area (Å²) in [5, 5.41) is 6.74. The van der Waals surface area contributed by atoms with Gasteiger partial charge in [0.15, 0.2) is 0 Å². The zero-order chi connectivity index (χ0) is 15.7. The van der Waals surface area contributed by atoms with Crippen molar-refractivity contribution < 1.29 is 4.79 Å². The predicted octanol–water partition coefficient (Wildman–Crippen LogP) is 2.45. The molecular weight excluding hydrogens is 286 g/mol. The van der Waals surface area contributed by atoms with E-state index in [4.69, 9.17) is 11.6 Å². The number of benzene rings is 1. The van der Waals surface area contributed by atoms with E-state index >= 15 is 0 Å². The molecule has 1 unspecified atom stereocenters. The first-order valence-electron chi connectivity index (χ1n) is 7.53. The molecule has 0 saturated heterocycles. The highest BCUT2D eigenvalue weighted by Crippen LogP contribution is 2.26. The van der Waals surface area contributed by atoms with Crippen molar-refractivity contribution in [3.8, 4) is 0 Å². The monoisotopic (exact) mass is 311 g/mol. The van der Waals surface area contributed by atoms with Gasteiger partial charge in [-0.25, -0.2) is 0 Å². The molecule has 1 aromatic rings. The lowest BCUT2D eigenvalue weighted by Crippen LogP contribution is -2.38. The number of carbonyl (C=O) groups is 1. The van der Waals surface area contributed by atoms with Crippen LogP contribution in [0.5, 0.6) is 0 Å². The fourth-order valence-corrected chi connectivity index (χ4v) is 2.64. The van der Waals surface area contributed by atoms with Crippen LogP contribution in [0.4, 0.5) is 0 Å². The molecule has 0 aliphatic carbocycles. The van der Waals surface area contributed by atoms with Crippen LogP contribution in [-0.4, -0.2) is 44.0 Å². The van der Waals surface area contributed by atoms with Crippen molar-refractivity contribution in [2.75, 3.05) is 33.2 Å². The molecule has 2 N–H and O–H groups in total. The maximum atomic E-state index is 11.8. The van der Waals surface area contributed by atoms with Crippen molar-refractivity contribution >= 4 is 17.5 Å². The van der Waals surface area contributed by atoms with Crippen LogP contribution < -0.4 is 10.6 Å². The van der Waals surface area contributed by atoms with Gasteiger partial charge in [0, 0.05) is 24.5 Å². The van der Waals surface area contributed by atoms with Gasteiger partial charge in [-0.05, 0) is 31.8 Å². The summed E-state index contributed by atoms with van der Waals surface area (Å²) in [6, 6.07) is 7.95. The smallest absolute Gasteiger partial charge is 0.221 e. The number of hydrogen-bond donors (Lipinski definition) is 2. The number of amides is 1. The summed E-state index contributed by atoms with van der Waals surface area (Å²) in [4.78, 5) is 14.1. The molecule has 118 valence electrons. The molecular formula is C16H26ClN3O. The van der Waals surface area contributed by atoms with Crippen molar-refractivity contribution in [3.05, 3.63) is 34.9 Å². The molecule has 1 amide bonds. The molecule has 0 fully saturated rings. The van der Waals surface area contributed by atoms with Gasteiger partial charge in [-0.15, -0.1) is 0 Å². The maximum Gasteiger partial charge on any atom is 0.221 e. The molecule has 0 aliphatic heterocycles. The van der Waals surface area contributed by atoms with Gasteiger partial charge in [-0.2, -0.15) is 0 Å². The van der Waals surface area contributed by atoms with Crippen LogP contribution in [-0.2, 0) is 4.79 Å². The Kier molecular flexibility index (Phi) is 8.35. The standard InChI is InChI=1S/C16H26ClN3O/c1-4-20(5-2)15(12-19-16(21)10-11-18-3)13-8-6-7-9-14(13)17/h6-9,15,18H,4-5,10-12H2,1-3H3,(H,19,21). The topological polar surface area (TPSA) is 44.4 Å². The minimum atomic E-state index is 0.0635. The first kappa shape index (κ1) is 18.0. The molecule has 1 aromatic carbocycles. The highest BCUT2D eigenvalue weighted by molar-refractivity contribution is 6.31. The molecule has 21 heavy (non-hydrogen) atoms. The van der Waals surface area contributed by atoms with Crippen molar-refractivity contribution in [2.24, 2.45) is 0 Å². The molecule has 4 nitrogen and oxygen atoms in total. The molecule has 0 heterocycles. The molecule has 1 atom stereocenters. The second-order valence-electron chi connectivity index (χ2n) is 4.92. The molecule has 1 rings (SSSR count). The van der Waals surface area contributed by atoms with E-state index in [0.29, 0.717) is 19.5 Å². The van der Waals surface area contributed by atoms with E-state index in [-0.39, 0.29) is 11.9 Å². The SMILES string of the molecule is CCN(CC)C(CNC(=O)CCNC)c1ccccc1Cl. The van der Waals surface area contributed by atoms with E-state index in [2.05, 4.69) is 29.4 Å². The minimum absolute atomic E-state index is 0.0635. The molecule has 0 aliphatic rings. The summed E-state index contributed by atoms with van der Waals surface area (Å²) < 4.78 is 0. The number of halogens is 1. The van der Waals surface area contributed by atoms with Gasteiger partial charge >= 0.3 is 0 Å². The largest absolute Gasteiger partial charge is 0.354 e. The van der Waals surface area contributed by atoms with Crippen molar-refractivity contribution in [3.63, 3.8) is 0 Å². The van der Waals surface area contributed by atoms with Crippen LogP contribution >= 0.6 is 11.6 Å². The van der Waals surface area contributed by atoms with E-state index in [1.165, 1.54) is 0 Å². The Labute approximate surface area is 132 Å². The highest BCUT2D eigenvalue weighted by atomic mass is 35.5. The lowest BCUT2D eigenvalue weighted by atomic mass is 10.0. The first-order chi connectivity index (χ1) is 10.1.